The Kier molecular flexibility index (Phi) is 8.48. The molecule has 3 rings (SSSR count). The van der Waals surface area contributed by atoms with E-state index in [0.29, 0.717) is 30.1 Å². The number of cyclic esters (lactones) is 1. The molecule has 190 valence electrons. The van der Waals surface area contributed by atoms with Gasteiger partial charge in [0, 0.05) is 12.0 Å². The van der Waals surface area contributed by atoms with Gasteiger partial charge in [-0.15, -0.1) is 0 Å². The number of carbonyl (C=O) groups is 2. The molecule has 0 radical (unpaired) electrons. The monoisotopic (exact) mass is 485 g/mol. The number of carbonyl (C=O) groups excluding carboxylic acids is 2. The van der Waals surface area contributed by atoms with Crippen molar-refractivity contribution in [1.29, 1.82) is 0 Å². The Morgan fingerprint density at radius 1 is 1.03 bits per heavy atom. The van der Waals surface area contributed by atoms with Gasteiger partial charge >= 0.3 is 12.1 Å². The highest BCUT2D eigenvalue weighted by molar-refractivity contribution is 5.76. The number of esters is 1. The Hall–Kier alpha value is -3.42. The zero-order valence-electron chi connectivity index (χ0n) is 21.3. The van der Waals surface area contributed by atoms with Crippen LogP contribution in [0.4, 0.5) is 4.79 Å². The topological polar surface area (TPSA) is 92.3 Å². The van der Waals surface area contributed by atoms with Gasteiger partial charge in [-0.1, -0.05) is 30.3 Å². The van der Waals surface area contributed by atoms with Crippen molar-refractivity contribution in [2.24, 2.45) is 11.8 Å². The number of hydrogen-bond donors (Lipinski definition) is 1. The molecule has 0 aromatic heterocycles. The third-order valence-corrected chi connectivity index (χ3v) is 5.94. The lowest BCUT2D eigenvalue weighted by atomic mass is 9.82. The summed E-state index contributed by atoms with van der Waals surface area (Å²) in [6, 6.07) is 13.1. The van der Waals surface area contributed by atoms with Crippen molar-refractivity contribution in [2.75, 3.05) is 27.9 Å². The average Bonchev–Trinajstić information content (AvgIpc) is 3.17. The lowest BCUT2D eigenvalue weighted by Gasteiger charge is -2.29. The highest BCUT2D eigenvalue weighted by Crippen LogP contribution is 2.40. The molecule has 0 aliphatic carbocycles. The van der Waals surface area contributed by atoms with Crippen molar-refractivity contribution >= 4 is 12.1 Å². The Labute approximate surface area is 206 Å². The van der Waals surface area contributed by atoms with Gasteiger partial charge < -0.3 is 29.0 Å². The smallest absolute Gasteiger partial charge is 0.407 e. The summed E-state index contributed by atoms with van der Waals surface area (Å²) in [5.74, 6) is 0.483. The molecule has 1 heterocycles. The van der Waals surface area contributed by atoms with Crippen molar-refractivity contribution < 1.29 is 33.3 Å². The number of nitrogens with one attached hydrogen (secondary N) is 1. The molecule has 0 spiro atoms. The van der Waals surface area contributed by atoms with Crippen LogP contribution < -0.4 is 19.5 Å². The molecule has 1 amide bonds. The fourth-order valence-corrected chi connectivity index (χ4v) is 4.35. The van der Waals surface area contributed by atoms with Crippen LogP contribution in [0.2, 0.25) is 0 Å². The summed E-state index contributed by atoms with van der Waals surface area (Å²) in [4.78, 5) is 25.5. The molecule has 3 atom stereocenters. The molecule has 2 aromatic carbocycles. The predicted octanol–water partition coefficient (Wildman–Crippen LogP) is 4.18. The molecule has 8 heteroatoms. The molecule has 2 aromatic rings. The molecular weight excluding hydrogens is 450 g/mol. The van der Waals surface area contributed by atoms with Crippen LogP contribution in [0.1, 0.15) is 31.9 Å². The van der Waals surface area contributed by atoms with E-state index < -0.39 is 17.6 Å². The van der Waals surface area contributed by atoms with E-state index in [2.05, 4.69) is 5.32 Å². The minimum Gasteiger partial charge on any atom is -0.493 e. The second-order valence-electron chi connectivity index (χ2n) is 9.58. The van der Waals surface area contributed by atoms with Crippen LogP contribution in [-0.4, -0.2) is 51.6 Å². The van der Waals surface area contributed by atoms with Gasteiger partial charge in [0.25, 0.3) is 0 Å². The third kappa shape index (κ3) is 6.81. The Morgan fingerprint density at radius 3 is 2.20 bits per heavy atom. The first-order valence-electron chi connectivity index (χ1n) is 11.6. The van der Waals surface area contributed by atoms with Gasteiger partial charge in [-0.3, -0.25) is 4.79 Å². The van der Waals surface area contributed by atoms with Crippen molar-refractivity contribution in [3.63, 3.8) is 0 Å². The number of rotatable bonds is 9. The maximum atomic E-state index is 12.8. The van der Waals surface area contributed by atoms with Crippen LogP contribution in [-0.2, 0) is 27.1 Å². The lowest BCUT2D eigenvalue weighted by molar-refractivity contribution is -0.141. The number of ether oxygens (including phenoxy) is 5. The molecule has 1 aliphatic rings. The zero-order chi connectivity index (χ0) is 25.6. The maximum absolute atomic E-state index is 12.8. The van der Waals surface area contributed by atoms with Crippen molar-refractivity contribution in [2.45, 2.75) is 45.3 Å². The standard InChI is InChI=1S/C27H35NO7/c1-27(2,3)35-26(30)28-21(13-17-10-8-7-9-11-17)20-16-34-25(29)19(20)12-18-14-22(31-4)24(33-6)23(15-18)32-5/h7-11,14-15,19-21H,12-13,16H2,1-6H3,(H,28,30)/t19-,20?,21+/m1/s1. The zero-order valence-corrected chi connectivity index (χ0v) is 21.3. The second-order valence-corrected chi connectivity index (χ2v) is 9.58. The number of methoxy groups -OCH3 is 3. The highest BCUT2D eigenvalue weighted by atomic mass is 16.6. The summed E-state index contributed by atoms with van der Waals surface area (Å²) in [6.07, 6.45) is 0.401. The van der Waals surface area contributed by atoms with Gasteiger partial charge in [0.15, 0.2) is 11.5 Å². The minimum absolute atomic E-state index is 0.210. The van der Waals surface area contributed by atoms with Crippen LogP contribution in [0.15, 0.2) is 42.5 Å². The van der Waals surface area contributed by atoms with Gasteiger partial charge in [0.05, 0.1) is 33.9 Å². The fraction of sp³-hybridized carbons (Fsp3) is 0.481. The molecule has 8 nitrogen and oxygen atoms in total. The molecule has 1 aliphatic heterocycles. The second kappa shape index (κ2) is 11.3. The molecule has 1 saturated heterocycles. The molecule has 1 fully saturated rings. The van der Waals surface area contributed by atoms with Gasteiger partial charge in [-0.25, -0.2) is 4.79 Å². The highest BCUT2D eigenvalue weighted by Gasteiger charge is 2.42. The number of alkyl carbamates (subject to hydrolysis) is 1. The first-order valence-corrected chi connectivity index (χ1v) is 11.6. The first kappa shape index (κ1) is 26.2. The van der Waals surface area contributed by atoms with E-state index in [0.717, 1.165) is 11.1 Å². The Bertz CT molecular complexity index is 991. The van der Waals surface area contributed by atoms with Crippen molar-refractivity contribution in [1.82, 2.24) is 5.32 Å². The molecule has 1 N–H and O–H groups in total. The largest absolute Gasteiger partial charge is 0.493 e. The van der Waals surface area contributed by atoms with E-state index in [-0.39, 0.29) is 24.5 Å². The summed E-state index contributed by atoms with van der Waals surface area (Å²) in [6.45, 7) is 5.65. The van der Waals surface area contributed by atoms with Gasteiger partial charge in [0.2, 0.25) is 5.75 Å². The van der Waals surface area contributed by atoms with Gasteiger partial charge in [-0.2, -0.15) is 0 Å². The van der Waals surface area contributed by atoms with Crippen LogP contribution in [0.5, 0.6) is 17.2 Å². The fourth-order valence-electron chi connectivity index (χ4n) is 4.35. The molecule has 35 heavy (non-hydrogen) atoms. The third-order valence-electron chi connectivity index (χ3n) is 5.94. The molecule has 0 saturated carbocycles. The summed E-state index contributed by atoms with van der Waals surface area (Å²) in [5.41, 5.74) is 1.24. The van der Waals surface area contributed by atoms with Crippen LogP contribution >= 0.6 is 0 Å². The first-order chi connectivity index (χ1) is 16.6. The Balaban J connectivity index is 1.89. The summed E-state index contributed by atoms with van der Waals surface area (Å²) >= 11 is 0. The quantitative estimate of drug-likeness (QED) is 0.533. The van der Waals surface area contributed by atoms with E-state index in [1.54, 1.807) is 21.3 Å². The van der Waals surface area contributed by atoms with Crippen LogP contribution in [0.25, 0.3) is 0 Å². The summed E-state index contributed by atoms with van der Waals surface area (Å²) in [5, 5.41) is 3.00. The SMILES string of the molecule is COc1cc(C[C@H]2C(=O)OCC2[C@H](Cc2ccccc2)NC(=O)OC(C)(C)C)cc(OC)c1OC. The number of amides is 1. The van der Waals surface area contributed by atoms with Gasteiger partial charge in [-0.05, 0) is 56.9 Å². The van der Waals surface area contributed by atoms with E-state index in [1.807, 2.05) is 63.2 Å². The van der Waals surface area contributed by atoms with E-state index in [9.17, 15) is 9.59 Å². The average molecular weight is 486 g/mol. The molecule has 0 bridgehead atoms. The van der Waals surface area contributed by atoms with Crippen molar-refractivity contribution in [3.8, 4) is 17.2 Å². The van der Waals surface area contributed by atoms with Gasteiger partial charge in [0.1, 0.15) is 5.60 Å². The van der Waals surface area contributed by atoms with Crippen LogP contribution in [0.3, 0.4) is 0 Å². The molecular formula is C27H35NO7. The molecule has 1 unspecified atom stereocenters. The number of benzene rings is 2. The maximum Gasteiger partial charge on any atom is 0.407 e. The number of hydrogen-bond acceptors (Lipinski definition) is 7. The van der Waals surface area contributed by atoms with E-state index in [1.165, 1.54) is 0 Å². The predicted molar refractivity (Wildman–Crippen MR) is 131 cm³/mol. The summed E-state index contributed by atoms with van der Waals surface area (Å²) < 4.78 is 27.3. The summed E-state index contributed by atoms with van der Waals surface area (Å²) in [7, 11) is 4.64. The van der Waals surface area contributed by atoms with E-state index >= 15 is 0 Å². The normalized spacial score (nSPS) is 18.4. The van der Waals surface area contributed by atoms with Crippen LogP contribution in [0, 0.1) is 11.8 Å². The van der Waals surface area contributed by atoms with Crippen molar-refractivity contribution in [3.05, 3.63) is 53.6 Å². The lowest BCUT2D eigenvalue weighted by Crippen LogP contribution is -2.46. The Morgan fingerprint density at radius 2 is 1.66 bits per heavy atom. The minimum atomic E-state index is -0.640. The van der Waals surface area contributed by atoms with E-state index in [4.69, 9.17) is 23.7 Å².